The molecule has 64 heavy (non-hydrogen) atoms. The Labute approximate surface area is 396 Å². The Bertz CT molecular complexity index is 1330. The van der Waals surface area contributed by atoms with E-state index in [1.165, 1.54) is 242 Å². The average molecular weight is 883 g/mol. The lowest BCUT2D eigenvalue weighted by molar-refractivity contribution is 0.390. The first-order valence-corrected chi connectivity index (χ1v) is 28.3. The highest BCUT2D eigenvalue weighted by Gasteiger charge is 2.23. The van der Waals surface area contributed by atoms with Gasteiger partial charge in [-0.25, -0.2) is 0 Å². The van der Waals surface area contributed by atoms with Crippen LogP contribution in [0.4, 0.5) is 0 Å². The van der Waals surface area contributed by atoms with E-state index < -0.39 is 0 Å². The molecule has 1 aliphatic carbocycles. The summed E-state index contributed by atoms with van der Waals surface area (Å²) in [5.74, 6) is 0.607. The monoisotopic (exact) mass is 883 g/mol. The van der Waals surface area contributed by atoms with Crippen LogP contribution in [0.5, 0.6) is 11.5 Å². The van der Waals surface area contributed by atoms with Crippen molar-refractivity contribution < 1.29 is 10.2 Å². The number of aliphatic imine (C=N–C) groups is 2. The van der Waals surface area contributed by atoms with Gasteiger partial charge in [-0.3, -0.25) is 9.98 Å². The minimum absolute atomic E-state index is 0.0907. The van der Waals surface area contributed by atoms with E-state index >= 15 is 0 Å². The molecule has 2 atom stereocenters. The molecule has 1 aliphatic rings. The Hall–Kier alpha value is -2.62. The van der Waals surface area contributed by atoms with Gasteiger partial charge < -0.3 is 10.2 Å². The van der Waals surface area contributed by atoms with Crippen molar-refractivity contribution in [2.45, 2.75) is 296 Å². The van der Waals surface area contributed by atoms with Crippen molar-refractivity contribution in [3.63, 3.8) is 0 Å². The van der Waals surface area contributed by atoms with Crippen LogP contribution >= 0.6 is 0 Å². The highest BCUT2D eigenvalue weighted by atomic mass is 16.3. The Morgan fingerprint density at radius 1 is 0.375 bits per heavy atom. The summed E-state index contributed by atoms with van der Waals surface area (Å²) in [6, 6.07) is 12.3. The van der Waals surface area contributed by atoms with E-state index in [-0.39, 0.29) is 12.1 Å². The number of benzene rings is 2. The molecule has 0 unspecified atom stereocenters. The van der Waals surface area contributed by atoms with Gasteiger partial charge in [-0.1, -0.05) is 257 Å². The predicted molar refractivity (Wildman–Crippen MR) is 282 cm³/mol. The highest BCUT2D eigenvalue weighted by Crippen LogP contribution is 2.27. The zero-order chi connectivity index (χ0) is 45.4. The molecule has 2 aromatic carbocycles. The molecule has 364 valence electrons. The minimum atomic E-state index is 0.0907. The molecule has 2 aromatic rings. The topological polar surface area (TPSA) is 65.2 Å². The van der Waals surface area contributed by atoms with Gasteiger partial charge in [0.1, 0.15) is 11.5 Å². The summed E-state index contributed by atoms with van der Waals surface area (Å²) in [6.45, 7) is 4.60. The lowest BCUT2D eigenvalue weighted by atomic mass is 9.91. The van der Waals surface area contributed by atoms with Crippen molar-refractivity contribution in [3.8, 4) is 11.5 Å². The van der Waals surface area contributed by atoms with Gasteiger partial charge in [-0.2, -0.15) is 0 Å². The van der Waals surface area contributed by atoms with Gasteiger partial charge in [0.25, 0.3) is 0 Å². The van der Waals surface area contributed by atoms with E-state index in [1.807, 2.05) is 24.6 Å². The minimum Gasteiger partial charge on any atom is -0.507 e. The predicted octanol–water partition coefficient (Wildman–Crippen LogP) is 19.1. The fraction of sp³-hybridized carbons (Fsp3) is 0.767. The summed E-state index contributed by atoms with van der Waals surface area (Å²) in [4.78, 5) is 10.0. The van der Waals surface area contributed by atoms with Gasteiger partial charge in [0, 0.05) is 23.6 Å². The number of aryl methyl sites for hydroxylation is 2. The van der Waals surface area contributed by atoms with Crippen LogP contribution in [0.25, 0.3) is 0 Å². The van der Waals surface area contributed by atoms with Crippen molar-refractivity contribution in [3.05, 3.63) is 58.7 Å². The normalized spacial score (nSPS) is 15.6. The molecule has 1 fully saturated rings. The van der Waals surface area contributed by atoms with Gasteiger partial charge in [-0.15, -0.1) is 0 Å². The molecule has 4 heteroatoms. The first-order chi connectivity index (χ1) is 31.6. The van der Waals surface area contributed by atoms with Gasteiger partial charge in [-0.05, 0) is 73.9 Å². The lowest BCUT2D eigenvalue weighted by Gasteiger charge is -2.25. The third kappa shape index (κ3) is 28.4. The Morgan fingerprint density at radius 3 is 0.891 bits per heavy atom. The summed E-state index contributed by atoms with van der Waals surface area (Å²) in [5.41, 5.74) is 4.21. The summed E-state index contributed by atoms with van der Waals surface area (Å²) >= 11 is 0. The van der Waals surface area contributed by atoms with Crippen LogP contribution in [0.15, 0.2) is 46.4 Å². The molecule has 0 radical (unpaired) electrons. The quantitative estimate of drug-likeness (QED) is 0.0515. The zero-order valence-electron chi connectivity index (χ0n) is 42.3. The molecular formula is C60H102N2O2. The Kier molecular flexibility index (Phi) is 34.4. The van der Waals surface area contributed by atoms with E-state index in [0.717, 1.165) is 49.7 Å². The molecular weight excluding hydrogens is 781 g/mol. The van der Waals surface area contributed by atoms with Crippen molar-refractivity contribution in [1.29, 1.82) is 0 Å². The number of rotatable bonds is 42. The summed E-state index contributed by atoms with van der Waals surface area (Å²) < 4.78 is 0. The Balaban J connectivity index is 1.25. The molecule has 0 bridgehead atoms. The molecule has 0 spiro atoms. The maximum absolute atomic E-state index is 10.7. The van der Waals surface area contributed by atoms with E-state index in [1.54, 1.807) is 0 Å². The molecule has 0 aliphatic heterocycles. The van der Waals surface area contributed by atoms with Crippen LogP contribution in [0, 0.1) is 0 Å². The second kappa shape index (κ2) is 39.5. The van der Waals surface area contributed by atoms with Crippen molar-refractivity contribution in [1.82, 2.24) is 0 Å². The first kappa shape index (κ1) is 55.7. The van der Waals surface area contributed by atoms with Crippen LogP contribution in [0.2, 0.25) is 0 Å². The fourth-order valence-corrected chi connectivity index (χ4v) is 9.98. The summed E-state index contributed by atoms with van der Waals surface area (Å²) in [6.07, 6.45) is 60.5. The molecule has 0 saturated heterocycles. The molecule has 3 rings (SSSR count). The highest BCUT2D eigenvalue weighted by molar-refractivity contribution is 5.84. The van der Waals surface area contributed by atoms with Crippen molar-refractivity contribution in [2.75, 3.05) is 0 Å². The number of hydrogen-bond acceptors (Lipinski definition) is 4. The van der Waals surface area contributed by atoms with E-state index in [9.17, 15) is 10.2 Å². The maximum Gasteiger partial charge on any atom is 0.124 e. The third-order valence-electron chi connectivity index (χ3n) is 14.3. The molecule has 0 aromatic heterocycles. The van der Waals surface area contributed by atoms with E-state index in [0.29, 0.717) is 11.5 Å². The molecule has 0 heterocycles. The van der Waals surface area contributed by atoms with Gasteiger partial charge in [0.15, 0.2) is 0 Å². The lowest BCUT2D eigenvalue weighted by Crippen LogP contribution is -2.27. The number of hydrogen-bond donors (Lipinski definition) is 2. The number of nitrogens with zero attached hydrogens (tertiary/aromatic N) is 2. The number of aromatic hydroxyl groups is 2. The second-order valence-corrected chi connectivity index (χ2v) is 20.3. The SMILES string of the molecule is CCCCCCCCCCCCCCCCCCCCc1ccc(O)c(C=N[C@H]2CCCC[C@H]2N=Cc2cc(CCCCCCCCCCCCCCCCCCCC)ccc2O)c1. The number of phenolic OH excluding ortho intramolecular Hbond substituents is 2. The van der Waals surface area contributed by atoms with E-state index in [2.05, 4.69) is 38.1 Å². The summed E-state index contributed by atoms with van der Waals surface area (Å²) in [7, 11) is 0. The smallest absolute Gasteiger partial charge is 0.124 e. The van der Waals surface area contributed by atoms with Crippen LogP contribution in [0.3, 0.4) is 0 Å². The number of phenols is 2. The molecule has 1 saturated carbocycles. The van der Waals surface area contributed by atoms with Crippen LogP contribution in [-0.4, -0.2) is 34.7 Å². The van der Waals surface area contributed by atoms with E-state index in [4.69, 9.17) is 9.98 Å². The maximum atomic E-state index is 10.7. The summed E-state index contributed by atoms with van der Waals surface area (Å²) in [5, 5.41) is 21.4. The van der Waals surface area contributed by atoms with Crippen LogP contribution in [-0.2, 0) is 12.8 Å². The standard InChI is InChI=1S/C60H102N2O2/c1-3-5-7-9-11-13-15-17-19-21-23-25-27-29-31-33-35-37-41-53-45-47-59(63)55(49-53)51-61-57-43-39-40-44-58(57)62-52-56-50-54(46-48-60(56)64)42-38-36-34-32-30-28-26-24-22-20-18-16-14-12-10-8-6-4-2/h45-52,57-58,63-64H,3-44H2,1-2H3/t57-,58+. The van der Waals surface area contributed by atoms with Gasteiger partial charge in [0.2, 0.25) is 0 Å². The van der Waals surface area contributed by atoms with Crippen LogP contribution in [0.1, 0.15) is 293 Å². The second-order valence-electron chi connectivity index (χ2n) is 20.3. The zero-order valence-corrected chi connectivity index (χ0v) is 42.3. The largest absolute Gasteiger partial charge is 0.507 e. The Morgan fingerprint density at radius 2 is 0.625 bits per heavy atom. The molecule has 0 amide bonds. The molecule has 2 N–H and O–H groups in total. The number of unbranched alkanes of at least 4 members (excludes halogenated alkanes) is 34. The first-order valence-electron chi connectivity index (χ1n) is 28.3. The molecule has 4 nitrogen and oxygen atoms in total. The van der Waals surface area contributed by atoms with Crippen LogP contribution < -0.4 is 0 Å². The fourth-order valence-electron chi connectivity index (χ4n) is 9.98. The van der Waals surface area contributed by atoms with Gasteiger partial charge in [0.05, 0.1) is 12.1 Å². The van der Waals surface area contributed by atoms with Crippen molar-refractivity contribution in [2.24, 2.45) is 9.98 Å². The van der Waals surface area contributed by atoms with Gasteiger partial charge >= 0.3 is 0 Å². The average Bonchev–Trinajstić information content (AvgIpc) is 3.31. The van der Waals surface area contributed by atoms with Crippen molar-refractivity contribution >= 4 is 12.4 Å². The third-order valence-corrected chi connectivity index (χ3v) is 14.3.